The molecule has 2 aromatic carbocycles. The first kappa shape index (κ1) is 17.8. The van der Waals surface area contributed by atoms with Crippen LogP contribution in [0.4, 0.5) is 0 Å². The van der Waals surface area contributed by atoms with Crippen molar-refractivity contribution in [2.75, 3.05) is 13.2 Å². The fraction of sp³-hybridized carbons (Fsp3) is 0.158. The van der Waals surface area contributed by atoms with Gasteiger partial charge >= 0.3 is 5.97 Å². The van der Waals surface area contributed by atoms with E-state index in [1.165, 1.54) is 18.2 Å². The van der Waals surface area contributed by atoms with E-state index in [2.05, 4.69) is 10.3 Å². The largest absolute Gasteiger partial charge is 0.507 e. The Morgan fingerprint density at radius 2 is 2.00 bits per heavy atom. The average Bonchev–Trinajstić information content (AvgIpc) is 3.03. The molecule has 0 saturated carbocycles. The first-order valence-corrected chi connectivity index (χ1v) is 8.39. The molecule has 3 aromatic rings. The van der Waals surface area contributed by atoms with Crippen LogP contribution >= 0.6 is 11.6 Å². The smallest absolute Gasteiger partial charge is 0.342 e. The number of H-pyrrole nitrogens is 1. The molecule has 6 nitrogen and oxygen atoms in total. The van der Waals surface area contributed by atoms with Crippen LogP contribution in [-0.4, -0.2) is 35.1 Å². The number of benzene rings is 2. The van der Waals surface area contributed by atoms with E-state index in [1.807, 2.05) is 30.5 Å². The zero-order valence-electron chi connectivity index (χ0n) is 13.8. The summed E-state index contributed by atoms with van der Waals surface area (Å²) in [4.78, 5) is 26.9. The quantitative estimate of drug-likeness (QED) is 0.580. The number of carbonyl (C=O) groups is 2. The lowest BCUT2D eigenvalue weighted by Gasteiger charge is -2.07. The van der Waals surface area contributed by atoms with Crippen LogP contribution in [0.2, 0.25) is 5.02 Å². The van der Waals surface area contributed by atoms with Crippen molar-refractivity contribution in [2.24, 2.45) is 0 Å². The van der Waals surface area contributed by atoms with Gasteiger partial charge in [0.05, 0.1) is 0 Å². The van der Waals surface area contributed by atoms with Crippen molar-refractivity contribution >= 4 is 34.4 Å². The second-order valence-electron chi connectivity index (χ2n) is 5.70. The Labute approximate surface area is 154 Å². The van der Waals surface area contributed by atoms with Gasteiger partial charge < -0.3 is 20.1 Å². The summed E-state index contributed by atoms with van der Waals surface area (Å²) in [6.45, 7) is -0.000783. The first-order valence-electron chi connectivity index (χ1n) is 8.02. The van der Waals surface area contributed by atoms with E-state index in [-0.39, 0.29) is 11.3 Å². The Morgan fingerprint density at radius 3 is 2.81 bits per heavy atom. The highest BCUT2D eigenvalue weighted by molar-refractivity contribution is 6.30. The molecule has 26 heavy (non-hydrogen) atoms. The molecule has 0 atom stereocenters. The van der Waals surface area contributed by atoms with Crippen LogP contribution in [0.5, 0.6) is 5.75 Å². The molecule has 134 valence electrons. The van der Waals surface area contributed by atoms with Crippen LogP contribution in [0, 0.1) is 0 Å². The summed E-state index contributed by atoms with van der Waals surface area (Å²) < 4.78 is 4.91. The van der Waals surface area contributed by atoms with Crippen molar-refractivity contribution in [2.45, 2.75) is 6.42 Å². The number of hydrogen-bond acceptors (Lipinski definition) is 4. The Kier molecular flexibility index (Phi) is 5.43. The number of phenols is 1. The highest BCUT2D eigenvalue weighted by Gasteiger charge is 2.14. The van der Waals surface area contributed by atoms with E-state index < -0.39 is 18.5 Å². The molecular weight excluding hydrogens is 356 g/mol. The number of aromatic nitrogens is 1. The van der Waals surface area contributed by atoms with Gasteiger partial charge in [0.1, 0.15) is 11.3 Å². The van der Waals surface area contributed by atoms with Crippen molar-refractivity contribution in [1.82, 2.24) is 10.3 Å². The van der Waals surface area contributed by atoms with E-state index in [4.69, 9.17) is 16.3 Å². The summed E-state index contributed by atoms with van der Waals surface area (Å²) in [5, 5.41) is 13.8. The summed E-state index contributed by atoms with van der Waals surface area (Å²) in [6, 6.07) is 12.0. The molecule has 0 aliphatic rings. The average molecular weight is 373 g/mol. The number of carbonyl (C=O) groups excluding carboxylic acids is 2. The molecule has 7 heteroatoms. The molecule has 0 spiro atoms. The van der Waals surface area contributed by atoms with Gasteiger partial charge in [-0.25, -0.2) is 4.79 Å². The Bertz CT molecular complexity index is 952. The molecule has 1 aromatic heterocycles. The maximum absolute atomic E-state index is 11.9. The van der Waals surface area contributed by atoms with Gasteiger partial charge in [-0.05, 0) is 36.2 Å². The van der Waals surface area contributed by atoms with Gasteiger partial charge in [0.15, 0.2) is 6.61 Å². The normalized spacial score (nSPS) is 10.7. The lowest BCUT2D eigenvalue weighted by Crippen LogP contribution is -2.30. The molecule has 1 amide bonds. The number of esters is 1. The minimum absolute atomic E-state index is 0.0407. The van der Waals surface area contributed by atoms with E-state index in [1.54, 1.807) is 0 Å². The van der Waals surface area contributed by atoms with Crippen LogP contribution in [0.1, 0.15) is 15.9 Å². The number of rotatable bonds is 6. The monoisotopic (exact) mass is 372 g/mol. The number of phenolic OH excluding ortho intramolecular Hbond substituents is 1. The van der Waals surface area contributed by atoms with Gasteiger partial charge in [-0.3, -0.25) is 4.79 Å². The fourth-order valence-electron chi connectivity index (χ4n) is 2.61. The standard InChI is InChI=1S/C19H17ClN2O4/c20-13-5-6-15(17(23)9-13)19(25)26-11-18(24)21-8-7-12-10-22-16-4-2-1-3-14(12)16/h1-6,9-10,22-23H,7-8,11H2,(H,21,24). The van der Waals surface area contributed by atoms with Gasteiger partial charge in [-0.15, -0.1) is 0 Å². The van der Waals surface area contributed by atoms with Crippen LogP contribution in [0.3, 0.4) is 0 Å². The minimum Gasteiger partial charge on any atom is -0.507 e. The number of hydrogen-bond donors (Lipinski definition) is 3. The Hall–Kier alpha value is -2.99. The molecule has 1 heterocycles. The van der Waals surface area contributed by atoms with Crippen LogP contribution in [-0.2, 0) is 16.0 Å². The van der Waals surface area contributed by atoms with Crippen molar-refractivity contribution in [3.05, 3.63) is 64.8 Å². The van der Waals surface area contributed by atoms with Gasteiger partial charge in [-0.2, -0.15) is 0 Å². The predicted molar refractivity (Wildman–Crippen MR) is 98.4 cm³/mol. The maximum Gasteiger partial charge on any atom is 0.342 e. The van der Waals surface area contributed by atoms with Gasteiger partial charge in [0.2, 0.25) is 0 Å². The second kappa shape index (κ2) is 7.93. The number of aromatic hydroxyl groups is 1. The molecule has 0 bridgehead atoms. The number of ether oxygens (including phenoxy) is 1. The highest BCUT2D eigenvalue weighted by Crippen LogP contribution is 2.22. The van der Waals surface area contributed by atoms with Crippen LogP contribution < -0.4 is 5.32 Å². The number of para-hydroxylation sites is 1. The van der Waals surface area contributed by atoms with Crippen LogP contribution in [0.15, 0.2) is 48.7 Å². The number of amides is 1. The zero-order chi connectivity index (χ0) is 18.5. The molecular formula is C19H17ClN2O4. The van der Waals surface area contributed by atoms with Crippen molar-refractivity contribution in [3.8, 4) is 5.75 Å². The first-order chi connectivity index (χ1) is 12.5. The SMILES string of the molecule is O=C(COC(=O)c1ccc(Cl)cc1O)NCCc1c[nH]c2ccccc12. The lowest BCUT2D eigenvalue weighted by molar-refractivity contribution is -0.124. The van der Waals surface area contributed by atoms with Crippen molar-refractivity contribution in [3.63, 3.8) is 0 Å². The minimum atomic E-state index is -0.786. The Morgan fingerprint density at radius 1 is 1.19 bits per heavy atom. The van der Waals surface area contributed by atoms with E-state index in [9.17, 15) is 14.7 Å². The number of halogens is 1. The van der Waals surface area contributed by atoms with Gasteiger partial charge in [0, 0.05) is 28.7 Å². The third-order valence-electron chi connectivity index (χ3n) is 3.91. The Balaban J connectivity index is 1.46. The summed E-state index contributed by atoms with van der Waals surface area (Å²) >= 11 is 5.71. The van der Waals surface area contributed by atoms with Gasteiger partial charge in [-0.1, -0.05) is 29.8 Å². The van der Waals surface area contributed by atoms with E-state index >= 15 is 0 Å². The molecule has 0 radical (unpaired) electrons. The molecule has 0 aliphatic carbocycles. The van der Waals surface area contributed by atoms with Crippen molar-refractivity contribution < 1.29 is 19.4 Å². The number of nitrogens with one attached hydrogen (secondary N) is 2. The molecule has 0 saturated heterocycles. The molecule has 0 fully saturated rings. The van der Waals surface area contributed by atoms with Crippen LogP contribution in [0.25, 0.3) is 10.9 Å². The van der Waals surface area contributed by atoms with Crippen molar-refractivity contribution in [1.29, 1.82) is 0 Å². The zero-order valence-corrected chi connectivity index (χ0v) is 14.5. The van der Waals surface area contributed by atoms with Gasteiger partial charge in [0.25, 0.3) is 5.91 Å². The van der Waals surface area contributed by atoms with E-state index in [0.717, 1.165) is 16.5 Å². The second-order valence-corrected chi connectivity index (χ2v) is 6.13. The summed E-state index contributed by atoms with van der Waals surface area (Å²) in [7, 11) is 0. The van der Waals surface area contributed by atoms with E-state index in [0.29, 0.717) is 18.0 Å². The number of fused-ring (bicyclic) bond motifs is 1. The third-order valence-corrected chi connectivity index (χ3v) is 4.14. The topological polar surface area (TPSA) is 91.4 Å². The third kappa shape index (κ3) is 4.15. The number of aromatic amines is 1. The fourth-order valence-corrected chi connectivity index (χ4v) is 2.78. The predicted octanol–water partition coefficient (Wildman–Crippen LogP) is 3.04. The maximum atomic E-state index is 11.9. The molecule has 3 N–H and O–H groups in total. The summed E-state index contributed by atoms with van der Waals surface area (Å²) in [5.41, 5.74) is 2.11. The molecule has 3 rings (SSSR count). The summed E-state index contributed by atoms with van der Waals surface area (Å²) in [5.74, 6) is -1.49. The molecule has 0 aliphatic heterocycles. The molecule has 0 unspecified atom stereocenters. The summed E-state index contributed by atoms with van der Waals surface area (Å²) in [6.07, 6.45) is 2.57. The highest BCUT2D eigenvalue weighted by atomic mass is 35.5. The lowest BCUT2D eigenvalue weighted by atomic mass is 10.1.